The first-order chi connectivity index (χ1) is 11.9. The summed E-state index contributed by atoms with van der Waals surface area (Å²) in [4.78, 5) is 16.9. The second kappa shape index (κ2) is 6.89. The summed E-state index contributed by atoms with van der Waals surface area (Å²) >= 11 is 0. The van der Waals surface area contributed by atoms with E-state index in [0.717, 1.165) is 22.5 Å². The zero-order valence-corrected chi connectivity index (χ0v) is 15.1. The zero-order valence-electron chi connectivity index (χ0n) is 15.1. The van der Waals surface area contributed by atoms with Crippen LogP contribution in [0.4, 0.5) is 5.69 Å². The Labute approximate surface area is 148 Å². The van der Waals surface area contributed by atoms with Crippen LogP contribution in [0.3, 0.4) is 0 Å². The van der Waals surface area contributed by atoms with Crippen molar-refractivity contribution in [2.75, 3.05) is 5.32 Å². The molecular formula is C22H22N2O. The van der Waals surface area contributed by atoms with Crippen molar-refractivity contribution in [3.8, 4) is 11.3 Å². The van der Waals surface area contributed by atoms with Gasteiger partial charge in [0.2, 0.25) is 0 Å². The Kier molecular flexibility index (Phi) is 4.66. The Morgan fingerprint density at radius 2 is 1.48 bits per heavy atom. The molecule has 0 saturated carbocycles. The van der Waals surface area contributed by atoms with E-state index in [9.17, 15) is 4.79 Å². The van der Waals surface area contributed by atoms with Gasteiger partial charge in [-0.1, -0.05) is 18.2 Å². The highest BCUT2D eigenvalue weighted by Gasteiger charge is 2.08. The summed E-state index contributed by atoms with van der Waals surface area (Å²) in [5, 5.41) is 2.92. The average molecular weight is 330 g/mol. The Morgan fingerprint density at radius 3 is 2.08 bits per heavy atom. The van der Waals surface area contributed by atoms with Gasteiger partial charge in [-0.2, -0.15) is 0 Å². The standard InChI is InChI=1S/C22H22N2O/c1-14-5-7-18(11-16(14)3)21-10-8-19(13-23-21)22(25)24-20-9-6-15(2)17(4)12-20/h5-13H,1-4H3,(H,24,25). The molecule has 3 nitrogen and oxygen atoms in total. The van der Waals surface area contributed by atoms with Crippen LogP contribution in [0.1, 0.15) is 32.6 Å². The first-order valence-corrected chi connectivity index (χ1v) is 8.36. The van der Waals surface area contributed by atoms with E-state index in [4.69, 9.17) is 0 Å². The smallest absolute Gasteiger partial charge is 0.257 e. The fraction of sp³-hybridized carbons (Fsp3) is 0.182. The Bertz CT molecular complexity index is 927. The summed E-state index contributed by atoms with van der Waals surface area (Å²) in [6.45, 7) is 8.26. The van der Waals surface area contributed by atoms with Crippen molar-refractivity contribution in [2.45, 2.75) is 27.7 Å². The Balaban J connectivity index is 1.78. The molecule has 0 aliphatic heterocycles. The lowest BCUT2D eigenvalue weighted by molar-refractivity contribution is 0.102. The van der Waals surface area contributed by atoms with Crippen LogP contribution >= 0.6 is 0 Å². The number of rotatable bonds is 3. The number of nitrogens with one attached hydrogen (secondary N) is 1. The number of hydrogen-bond acceptors (Lipinski definition) is 2. The van der Waals surface area contributed by atoms with Crippen molar-refractivity contribution < 1.29 is 4.79 Å². The molecular weight excluding hydrogens is 308 g/mol. The number of pyridine rings is 1. The molecule has 0 radical (unpaired) electrons. The van der Waals surface area contributed by atoms with Gasteiger partial charge in [-0.3, -0.25) is 9.78 Å². The summed E-state index contributed by atoms with van der Waals surface area (Å²) < 4.78 is 0. The van der Waals surface area contributed by atoms with E-state index in [-0.39, 0.29) is 5.91 Å². The number of anilines is 1. The van der Waals surface area contributed by atoms with Gasteiger partial charge < -0.3 is 5.32 Å². The van der Waals surface area contributed by atoms with E-state index in [2.05, 4.69) is 49.3 Å². The number of carbonyl (C=O) groups excluding carboxylic acids is 1. The molecule has 3 heteroatoms. The lowest BCUT2D eigenvalue weighted by atomic mass is 10.0. The molecule has 0 bridgehead atoms. The van der Waals surface area contributed by atoms with Crippen LogP contribution in [0.15, 0.2) is 54.7 Å². The minimum atomic E-state index is -0.151. The molecule has 1 amide bonds. The van der Waals surface area contributed by atoms with Crippen molar-refractivity contribution in [3.05, 3.63) is 82.5 Å². The lowest BCUT2D eigenvalue weighted by Crippen LogP contribution is -2.12. The van der Waals surface area contributed by atoms with E-state index >= 15 is 0 Å². The van der Waals surface area contributed by atoms with Gasteiger partial charge >= 0.3 is 0 Å². The minimum Gasteiger partial charge on any atom is -0.322 e. The van der Waals surface area contributed by atoms with E-state index in [1.165, 1.54) is 16.7 Å². The number of carbonyl (C=O) groups is 1. The molecule has 0 saturated heterocycles. The van der Waals surface area contributed by atoms with Crippen LogP contribution in [0.25, 0.3) is 11.3 Å². The average Bonchev–Trinajstić information content (AvgIpc) is 2.61. The van der Waals surface area contributed by atoms with E-state index in [1.54, 1.807) is 6.20 Å². The number of aryl methyl sites for hydroxylation is 4. The van der Waals surface area contributed by atoms with Gasteiger partial charge in [-0.25, -0.2) is 0 Å². The van der Waals surface area contributed by atoms with Crippen LogP contribution in [0.5, 0.6) is 0 Å². The lowest BCUT2D eigenvalue weighted by Gasteiger charge is -2.09. The summed E-state index contributed by atoms with van der Waals surface area (Å²) in [5.74, 6) is -0.151. The molecule has 1 aromatic heterocycles. The molecule has 0 unspecified atom stereocenters. The third kappa shape index (κ3) is 3.77. The van der Waals surface area contributed by atoms with Crippen molar-refractivity contribution in [1.82, 2.24) is 4.98 Å². The predicted molar refractivity (Wildman–Crippen MR) is 103 cm³/mol. The first kappa shape index (κ1) is 16.9. The maximum absolute atomic E-state index is 12.4. The summed E-state index contributed by atoms with van der Waals surface area (Å²) in [6.07, 6.45) is 1.63. The summed E-state index contributed by atoms with van der Waals surface area (Å²) in [7, 11) is 0. The monoisotopic (exact) mass is 330 g/mol. The number of amides is 1. The van der Waals surface area contributed by atoms with Crippen molar-refractivity contribution in [1.29, 1.82) is 0 Å². The predicted octanol–water partition coefficient (Wildman–Crippen LogP) is 5.23. The molecule has 25 heavy (non-hydrogen) atoms. The second-order valence-electron chi connectivity index (χ2n) is 6.48. The molecule has 1 N–H and O–H groups in total. The van der Waals surface area contributed by atoms with Gasteiger partial charge in [-0.05, 0) is 80.3 Å². The zero-order chi connectivity index (χ0) is 18.0. The number of nitrogens with zero attached hydrogens (tertiary/aromatic N) is 1. The molecule has 3 rings (SSSR count). The van der Waals surface area contributed by atoms with Crippen LogP contribution < -0.4 is 5.32 Å². The molecule has 0 aliphatic carbocycles. The quantitative estimate of drug-likeness (QED) is 0.714. The van der Waals surface area contributed by atoms with Gasteiger partial charge in [0, 0.05) is 17.4 Å². The van der Waals surface area contributed by atoms with E-state index < -0.39 is 0 Å². The SMILES string of the molecule is Cc1ccc(NC(=O)c2ccc(-c3ccc(C)c(C)c3)nc2)cc1C. The molecule has 0 fully saturated rings. The van der Waals surface area contributed by atoms with E-state index in [1.807, 2.05) is 37.3 Å². The molecule has 3 aromatic rings. The van der Waals surface area contributed by atoms with Crippen molar-refractivity contribution >= 4 is 11.6 Å². The molecule has 0 atom stereocenters. The van der Waals surface area contributed by atoms with Crippen molar-refractivity contribution in [3.63, 3.8) is 0 Å². The first-order valence-electron chi connectivity index (χ1n) is 8.36. The minimum absolute atomic E-state index is 0.151. The molecule has 2 aromatic carbocycles. The van der Waals surface area contributed by atoms with Gasteiger partial charge in [0.15, 0.2) is 0 Å². The summed E-state index contributed by atoms with van der Waals surface area (Å²) in [5.41, 5.74) is 8.12. The molecule has 126 valence electrons. The van der Waals surface area contributed by atoms with Crippen LogP contribution in [0, 0.1) is 27.7 Å². The van der Waals surface area contributed by atoms with Crippen LogP contribution in [0.2, 0.25) is 0 Å². The Morgan fingerprint density at radius 1 is 0.800 bits per heavy atom. The van der Waals surface area contributed by atoms with Gasteiger partial charge in [-0.15, -0.1) is 0 Å². The highest BCUT2D eigenvalue weighted by atomic mass is 16.1. The second-order valence-corrected chi connectivity index (χ2v) is 6.48. The van der Waals surface area contributed by atoms with Gasteiger partial charge in [0.1, 0.15) is 0 Å². The Hall–Kier alpha value is -2.94. The number of aromatic nitrogens is 1. The normalized spacial score (nSPS) is 10.6. The third-order valence-corrected chi connectivity index (χ3v) is 4.59. The van der Waals surface area contributed by atoms with Gasteiger partial charge in [0.25, 0.3) is 5.91 Å². The third-order valence-electron chi connectivity index (χ3n) is 4.59. The fourth-order valence-electron chi connectivity index (χ4n) is 2.62. The number of hydrogen-bond donors (Lipinski definition) is 1. The maximum Gasteiger partial charge on any atom is 0.257 e. The highest BCUT2D eigenvalue weighted by molar-refractivity contribution is 6.04. The van der Waals surface area contributed by atoms with Crippen molar-refractivity contribution in [2.24, 2.45) is 0 Å². The van der Waals surface area contributed by atoms with Gasteiger partial charge in [0.05, 0.1) is 11.3 Å². The molecule has 0 aliphatic rings. The highest BCUT2D eigenvalue weighted by Crippen LogP contribution is 2.21. The van der Waals surface area contributed by atoms with E-state index in [0.29, 0.717) is 5.56 Å². The fourth-order valence-corrected chi connectivity index (χ4v) is 2.62. The summed E-state index contributed by atoms with van der Waals surface area (Å²) in [6, 6.07) is 15.9. The topological polar surface area (TPSA) is 42.0 Å². The van der Waals surface area contributed by atoms with Crippen LogP contribution in [-0.4, -0.2) is 10.9 Å². The van der Waals surface area contributed by atoms with Crippen LogP contribution in [-0.2, 0) is 0 Å². The largest absolute Gasteiger partial charge is 0.322 e. The molecule has 0 spiro atoms. The molecule has 1 heterocycles. The number of benzene rings is 2. The maximum atomic E-state index is 12.4.